The zero-order valence-electron chi connectivity index (χ0n) is 13.5. The number of terminal acetylenes is 1. The van der Waals surface area contributed by atoms with Crippen LogP contribution in [0.3, 0.4) is 0 Å². The van der Waals surface area contributed by atoms with Gasteiger partial charge in [-0.2, -0.15) is 0 Å². The first-order valence-corrected chi connectivity index (χ1v) is 8.38. The van der Waals surface area contributed by atoms with Gasteiger partial charge in [0.05, 0.1) is 12.0 Å². The molecule has 23 heavy (non-hydrogen) atoms. The van der Waals surface area contributed by atoms with Gasteiger partial charge in [-0.25, -0.2) is 0 Å². The highest BCUT2D eigenvalue weighted by Gasteiger charge is 2.25. The molecule has 1 N–H and O–H groups in total. The van der Waals surface area contributed by atoms with Crippen molar-refractivity contribution >= 4 is 17.7 Å². The number of hydrogen-bond acceptors (Lipinski definition) is 5. The second kappa shape index (κ2) is 7.38. The Morgan fingerprint density at radius 2 is 2.22 bits per heavy atom. The van der Waals surface area contributed by atoms with Crippen molar-refractivity contribution in [2.24, 2.45) is 7.05 Å². The van der Waals surface area contributed by atoms with E-state index in [9.17, 15) is 4.79 Å². The zero-order valence-corrected chi connectivity index (χ0v) is 14.3. The molecule has 6 nitrogen and oxygen atoms in total. The van der Waals surface area contributed by atoms with Crippen molar-refractivity contribution < 1.29 is 9.21 Å². The first-order chi connectivity index (χ1) is 11.0. The molecule has 0 aliphatic carbocycles. The molecule has 0 unspecified atom stereocenters. The number of nitrogens with one attached hydrogen (secondary N) is 1. The lowest BCUT2D eigenvalue weighted by molar-refractivity contribution is -0.119. The minimum atomic E-state index is -0.573. The van der Waals surface area contributed by atoms with Crippen LogP contribution in [0.15, 0.2) is 28.0 Å². The van der Waals surface area contributed by atoms with Crippen LogP contribution in [0, 0.1) is 12.3 Å². The number of amides is 1. The smallest absolute Gasteiger partial charge is 0.231 e. The van der Waals surface area contributed by atoms with Crippen LogP contribution in [-0.2, 0) is 11.8 Å². The fourth-order valence-corrected chi connectivity index (χ4v) is 2.87. The van der Waals surface area contributed by atoms with Gasteiger partial charge >= 0.3 is 0 Å². The Morgan fingerprint density at radius 1 is 1.48 bits per heavy atom. The van der Waals surface area contributed by atoms with Crippen LogP contribution in [0.25, 0.3) is 11.6 Å². The van der Waals surface area contributed by atoms with E-state index in [0.717, 1.165) is 0 Å². The van der Waals surface area contributed by atoms with Gasteiger partial charge in [-0.3, -0.25) is 4.79 Å². The van der Waals surface area contributed by atoms with Crippen molar-refractivity contribution in [3.05, 3.63) is 18.4 Å². The van der Waals surface area contributed by atoms with Gasteiger partial charge in [0.25, 0.3) is 0 Å². The van der Waals surface area contributed by atoms with Crippen molar-refractivity contribution in [3.63, 3.8) is 0 Å². The molecule has 2 aromatic rings. The standard InChI is InChI=1S/C16H20N4O2S/c1-5-16(6-2,7-3)17-13(21)11-23-15-19-18-14(20(15)4)12-9-8-10-22-12/h1,8-10H,6-7,11H2,2-4H3,(H,17,21). The third-order valence-electron chi connectivity index (χ3n) is 3.77. The van der Waals surface area contributed by atoms with Crippen molar-refractivity contribution in [1.82, 2.24) is 20.1 Å². The average molecular weight is 332 g/mol. The van der Waals surface area contributed by atoms with Gasteiger partial charge in [0, 0.05) is 7.05 Å². The fourth-order valence-electron chi connectivity index (χ4n) is 2.16. The van der Waals surface area contributed by atoms with Crippen LogP contribution in [0.1, 0.15) is 26.7 Å². The van der Waals surface area contributed by atoms with Crippen molar-refractivity contribution in [3.8, 4) is 23.9 Å². The van der Waals surface area contributed by atoms with Crippen LogP contribution >= 0.6 is 11.8 Å². The van der Waals surface area contributed by atoms with Crippen molar-refractivity contribution in [2.45, 2.75) is 37.4 Å². The first-order valence-electron chi connectivity index (χ1n) is 7.40. The molecular formula is C16H20N4O2S. The predicted octanol–water partition coefficient (Wildman–Crippen LogP) is 2.48. The largest absolute Gasteiger partial charge is 0.461 e. The Balaban J connectivity index is 1.99. The average Bonchev–Trinajstić information content (AvgIpc) is 3.20. The maximum absolute atomic E-state index is 12.2. The summed E-state index contributed by atoms with van der Waals surface area (Å²) in [5.41, 5.74) is -0.573. The quantitative estimate of drug-likeness (QED) is 0.623. The zero-order chi connectivity index (χ0) is 16.9. The van der Waals surface area contributed by atoms with E-state index in [1.807, 2.05) is 27.0 Å². The Bertz CT molecular complexity index is 696. The second-order valence-corrected chi connectivity index (χ2v) is 6.06. The summed E-state index contributed by atoms with van der Waals surface area (Å²) in [6, 6.07) is 3.61. The first kappa shape index (κ1) is 17.2. The van der Waals surface area contributed by atoms with Gasteiger partial charge in [-0.05, 0) is 25.0 Å². The number of furan rings is 1. The summed E-state index contributed by atoms with van der Waals surface area (Å²) in [6.07, 6.45) is 8.53. The highest BCUT2D eigenvalue weighted by Crippen LogP contribution is 2.23. The summed E-state index contributed by atoms with van der Waals surface area (Å²) in [4.78, 5) is 12.2. The number of rotatable bonds is 7. The SMILES string of the molecule is C#CC(CC)(CC)NC(=O)CSc1nnc(-c2ccco2)n1C. The molecule has 0 fully saturated rings. The molecular weight excluding hydrogens is 312 g/mol. The molecule has 0 radical (unpaired) electrons. The summed E-state index contributed by atoms with van der Waals surface area (Å²) in [6.45, 7) is 3.93. The number of hydrogen-bond donors (Lipinski definition) is 1. The molecule has 0 spiro atoms. The lowest BCUT2D eigenvalue weighted by Gasteiger charge is -2.26. The molecule has 1 amide bonds. The van der Waals surface area contributed by atoms with Gasteiger partial charge in [-0.1, -0.05) is 31.5 Å². The second-order valence-electron chi connectivity index (χ2n) is 5.11. The maximum Gasteiger partial charge on any atom is 0.231 e. The third-order valence-corrected chi connectivity index (χ3v) is 4.79. The fraction of sp³-hybridized carbons (Fsp3) is 0.438. The van der Waals surface area contributed by atoms with Crippen LogP contribution < -0.4 is 5.32 Å². The minimum Gasteiger partial charge on any atom is -0.461 e. The number of thioether (sulfide) groups is 1. The highest BCUT2D eigenvalue weighted by molar-refractivity contribution is 7.99. The molecule has 0 aromatic carbocycles. The molecule has 0 atom stereocenters. The molecule has 122 valence electrons. The Kier molecular flexibility index (Phi) is 5.50. The van der Waals surface area contributed by atoms with Gasteiger partial charge in [0.2, 0.25) is 5.91 Å². The predicted molar refractivity (Wildman–Crippen MR) is 89.7 cm³/mol. The van der Waals surface area contributed by atoms with Crippen LogP contribution in [-0.4, -0.2) is 32.0 Å². The lowest BCUT2D eigenvalue weighted by Crippen LogP contribution is -2.47. The topological polar surface area (TPSA) is 73.0 Å². The highest BCUT2D eigenvalue weighted by atomic mass is 32.2. The van der Waals surface area contributed by atoms with Crippen molar-refractivity contribution in [2.75, 3.05) is 5.75 Å². The molecule has 0 bridgehead atoms. The van der Waals surface area contributed by atoms with E-state index in [0.29, 0.717) is 29.6 Å². The van der Waals surface area contributed by atoms with Gasteiger partial charge in [-0.15, -0.1) is 16.6 Å². The number of nitrogens with zero attached hydrogens (tertiary/aromatic N) is 3. The monoisotopic (exact) mass is 332 g/mol. The number of carbonyl (C=O) groups excluding carboxylic acids is 1. The molecule has 0 aliphatic rings. The van der Waals surface area contributed by atoms with Crippen LogP contribution in [0.4, 0.5) is 0 Å². The summed E-state index contributed by atoms with van der Waals surface area (Å²) >= 11 is 1.31. The number of aromatic nitrogens is 3. The molecule has 2 aromatic heterocycles. The molecule has 0 aliphatic heterocycles. The van der Waals surface area contributed by atoms with Gasteiger partial charge in [0.1, 0.15) is 5.54 Å². The minimum absolute atomic E-state index is 0.112. The van der Waals surface area contributed by atoms with E-state index < -0.39 is 5.54 Å². The molecule has 7 heteroatoms. The van der Waals surface area contributed by atoms with E-state index in [2.05, 4.69) is 21.4 Å². The van der Waals surface area contributed by atoms with E-state index >= 15 is 0 Å². The van der Waals surface area contributed by atoms with Gasteiger partial charge in [0.15, 0.2) is 16.7 Å². The van der Waals surface area contributed by atoms with E-state index in [4.69, 9.17) is 10.8 Å². The molecule has 2 rings (SSSR count). The van der Waals surface area contributed by atoms with E-state index in [1.54, 1.807) is 16.9 Å². The molecule has 2 heterocycles. The molecule has 0 saturated heterocycles. The third kappa shape index (κ3) is 3.77. The summed E-state index contributed by atoms with van der Waals surface area (Å²) in [7, 11) is 1.84. The molecule has 0 saturated carbocycles. The van der Waals surface area contributed by atoms with Crippen LogP contribution in [0.2, 0.25) is 0 Å². The lowest BCUT2D eigenvalue weighted by atomic mass is 9.94. The summed E-state index contributed by atoms with van der Waals surface area (Å²) < 4.78 is 7.11. The summed E-state index contributed by atoms with van der Waals surface area (Å²) in [5.74, 6) is 4.07. The Morgan fingerprint density at radius 3 is 2.78 bits per heavy atom. The normalized spacial score (nSPS) is 11.2. The maximum atomic E-state index is 12.2. The Labute approximate surface area is 140 Å². The van der Waals surface area contributed by atoms with E-state index in [1.165, 1.54) is 11.8 Å². The van der Waals surface area contributed by atoms with Crippen molar-refractivity contribution in [1.29, 1.82) is 0 Å². The Hall–Kier alpha value is -2.20. The van der Waals surface area contributed by atoms with E-state index in [-0.39, 0.29) is 11.7 Å². The number of carbonyl (C=O) groups is 1. The van der Waals surface area contributed by atoms with Crippen LogP contribution in [0.5, 0.6) is 0 Å². The summed E-state index contributed by atoms with van der Waals surface area (Å²) in [5, 5.41) is 11.8. The van der Waals surface area contributed by atoms with Gasteiger partial charge < -0.3 is 14.3 Å².